The summed E-state index contributed by atoms with van der Waals surface area (Å²) in [4.78, 5) is 8.47. The lowest BCUT2D eigenvalue weighted by atomic mass is 10.1. The monoisotopic (exact) mass is 253 g/mol. The van der Waals surface area contributed by atoms with Crippen LogP contribution in [-0.4, -0.2) is 36.1 Å². The first-order valence-corrected chi connectivity index (χ1v) is 7.56. The quantitative estimate of drug-likeness (QED) is 0.844. The van der Waals surface area contributed by atoms with Crippen molar-refractivity contribution in [3.05, 3.63) is 16.1 Å². The zero-order valence-electron chi connectivity index (χ0n) is 10.5. The predicted octanol–water partition coefficient (Wildman–Crippen LogP) is 2.06. The molecule has 0 spiro atoms. The van der Waals surface area contributed by atoms with Crippen LogP contribution in [0, 0.1) is 0 Å². The highest BCUT2D eigenvalue weighted by Crippen LogP contribution is 2.16. The largest absolute Gasteiger partial charge is 0.330 e. The van der Waals surface area contributed by atoms with E-state index in [1.807, 2.05) is 17.5 Å². The second-order valence-electron chi connectivity index (χ2n) is 4.76. The van der Waals surface area contributed by atoms with Crippen molar-refractivity contribution < 1.29 is 0 Å². The van der Waals surface area contributed by atoms with E-state index in [1.54, 1.807) is 0 Å². The summed E-state index contributed by atoms with van der Waals surface area (Å²) in [6.07, 6.45) is 9.49. The molecule has 1 aromatic rings. The highest BCUT2D eigenvalue weighted by molar-refractivity contribution is 7.11. The standard InChI is InChI=1S/C13H23N3S/c14-7-4-5-12-11-15-13(17-12)6-10-16-8-2-1-3-9-16/h11H,1-10,14H2. The maximum Gasteiger partial charge on any atom is 0.0940 e. The Labute approximate surface area is 108 Å². The van der Waals surface area contributed by atoms with Crippen LogP contribution in [0.4, 0.5) is 0 Å². The molecule has 4 heteroatoms. The van der Waals surface area contributed by atoms with E-state index >= 15 is 0 Å². The Bertz CT molecular complexity index is 318. The molecule has 0 atom stereocenters. The van der Waals surface area contributed by atoms with E-state index in [2.05, 4.69) is 9.88 Å². The number of likely N-dealkylation sites (tertiary alicyclic amines) is 1. The van der Waals surface area contributed by atoms with Crippen molar-refractivity contribution in [3.63, 3.8) is 0 Å². The molecule has 0 aliphatic carbocycles. The summed E-state index contributed by atoms with van der Waals surface area (Å²) in [5.74, 6) is 0. The molecule has 1 fully saturated rings. The first kappa shape index (κ1) is 13.0. The smallest absolute Gasteiger partial charge is 0.0940 e. The highest BCUT2D eigenvalue weighted by atomic mass is 32.1. The number of piperidine rings is 1. The SMILES string of the molecule is NCCCc1cnc(CCN2CCCCC2)s1. The summed E-state index contributed by atoms with van der Waals surface area (Å²) >= 11 is 1.87. The molecule has 3 nitrogen and oxygen atoms in total. The zero-order chi connectivity index (χ0) is 11.9. The van der Waals surface area contributed by atoms with Crippen molar-refractivity contribution in [1.29, 1.82) is 0 Å². The minimum Gasteiger partial charge on any atom is -0.330 e. The van der Waals surface area contributed by atoms with Crippen molar-refractivity contribution in [3.8, 4) is 0 Å². The minimum absolute atomic E-state index is 0.779. The van der Waals surface area contributed by atoms with Crippen LogP contribution in [0.1, 0.15) is 35.6 Å². The molecule has 2 rings (SSSR count). The van der Waals surface area contributed by atoms with Gasteiger partial charge >= 0.3 is 0 Å². The van der Waals surface area contributed by atoms with Gasteiger partial charge < -0.3 is 10.6 Å². The number of thiazole rings is 1. The van der Waals surface area contributed by atoms with Gasteiger partial charge in [-0.2, -0.15) is 0 Å². The molecule has 0 radical (unpaired) electrons. The van der Waals surface area contributed by atoms with Crippen LogP contribution in [-0.2, 0) is 12.8 Å². The van der Waals surface area contributed by atoms with Gasteiger partial charge in [0.05, 0.1) is 5.01 Å². The summed E-state index contributed by atoms with van der Waals surface area (Å²) in [6.45, 7) is 4.53. The van der Waals surface area contributed by atoms with E-state index in [-0.39, 0.29) is 0 Å². The Morgan fingerprint density at radius 1 is 1.24 bits per heavy atom. The third kappa shape index (κ3) is 4.37. The first-order chi connectivity index (χ1) is 8.38. The summed E-state index contributed by atoms with van der Waals surface area (Å²) in [5.41, 5.74) is 5.52. The molecule has 1 aliphatic heterocycles. The lowest BCUT2D eigenvalue weighted by molar-refractivity contribution is 0.231. The predicted molar refractivity (Wildman–Crippen MR) is 73.5 cm³/mol. The van der Waals surface area contributed by atoms with Gasteiger partial charge in [0, 0.05) is 24.0 Å². The molecule has 0 saturated carbocycles. The molecular weight excluding hydrogens is 230 g/mol. The Balaban J connectivity index is 1.72. The van der Waals surface area contributed by atoms with Crippen LogP contribution >= 0.6 is 11.3 Å². The van der Waals surface area contributed by atoms with Crippen LogP contribution in [0.25, 0.3) is 0 Å². The molecule has 0 bridgehead atoms. The molecule has 1 aliphatic rings. The highest BCUT2D eigenvalue weighted by Gasteiger charge is 2.10. The molecule has 2 N–H and O–H groups in total. The number of aromatic nitrogens is 1. The van der Waals surface area contributed by atoms with Gasteiger partial charge in [0.1, 0.15) is 0 Å². The van der Waals surface area contributed by atoms with Crippen molar-refractivity contribution in [2.45, 2.75) is 38.5 Å². The summed E-state index contributed by atoms with van der Waals surface area (Å²) in [5, 5.41) is 1.29. The van der Waals surface area contributed by atoms with E-state index in [0.717, 1.165) is 25.8 Å². The Morgan fingerprint density at radius 2 is 2.06 bits per heavy atom. The van der Waals surface area contributed by atoms with Gasteiger partial charge in [0.2, 0.25) is 0 Å². The second kappa shape index (κ2) is 7.09. The average Bonchev–Trinajstić information content (AvgIpc) is 2.83. The second-order valence-corrected chi connectivity index (χ2v) is 5.96. The van der Waals surface area contributed by atoms with Gasteiger partial charge in [0.15, 0.2) is 0 Å². The fourth-order valence-electron chi connectivity index (χ4n) is 2.29. The number of hydrogen-bond acceptors (Lipinski definition) is 4. The lowest BCUT2D eigenvalue weighted by Gasteiger charge is -2.25. The molecule has 2 heterocycles. The van der Waals surface area contributed by atoms with Crippen LogP contribution in [0.15, 0.2) is 6.20 Å². The summed E-state index contributed by atoms with van der Waals surface area (Å²) < 4.78 is 0. The molecule has 0 unspecified atom stereocenters. The molecule has 96 valence electrons. The molecular formula is C13H23N3S. The Hall–Kier alpha value is -0.450. The maximum absolute atomic E-state index is 5.52. The normalized spacial score (nSPS) is 17.5. The Kier molecular flexibility index (Phi) is 5.42. The van der Waals surface area contributed by atoms with E-state index < -0.39 is 0 Å². The first-order valence-electron chi connectivity index (χ1n) is 6.74. The number of nitrogens with zero attached hydrogens (tertiary/aromatic N) is 2. The number of rotatable bonds is 6. The Morgan fingerprint density at radius 3 is 2.82 bits per heavy atom. The van der Waals surface area contributed by atoms with E-state index in [9.17, 15) is 0 Å². The number of nitrogens with two attached hydrogens (primary N) is 1. The van der Waals surface area contributed by atoms with Crippen LogP contribution in [0.3, 0.4) is 0 Å². The van der Waals surface area contributed by atoms with Crippen molar-refractivity contribution in [2.24, 2.45) is 5.73 Å². The van der Waals surface area contributed by atoms with Crippen molar-refractivity contribution in [1.82, 2.24) is 9.88 Å². The molecule has 0 amide bonds. The van der Waals surface area contributed by atoms with Crippen molar-refractivity contribution in [2.75, 3.05) is 26.2 Å². The van der Waals surface area contributed by atoms with Gasteiger partial charge in [-0.1, -0.05) is 6.42 Å². The van der Waals surface area contributed by atoms with Gasteiger partial charge in [-0.05, 0) is 45.3 Å². The van der Waals surface area contributed by atoms with E-state index in [4.69, 9.17) is 5.73 Å². The maximum atomic E-state index is 5.52. The van der Waals surface area contributed by atoms with Gasteiger partial charge in [-0.3, -0.25) is 0 Å². The molecule has 0 aromatic carbocycles. The fourth-order valence-corrected chi connectivity index (χ4v) is 3.25. The number of hydrogen-bond donors (Lipinski definition) is 1. The third-order valence-corrected chi connectivity index (χ3v) is 4.44. The average molecular weight is 253 g/mol. The fraction of sp³-hybridized carbons (Fsp3) is 0.769. The minimum atomic E-state index is 0.779. The van der Waals surface area contributed by atoms with Gasteiger partial charge in [-0.15, -0.1) is 11.3 Å². The molecule has 17 heavy (non-hydrogen) atoms. The topological polar surface area (TPSA) is 42.1 Å². The zero-order valence-corrected chi connectivity index (χ0v) is 11.3. The van der Waals surface area contributed by atoms with Gasteiger partial charge in [-0.25, -0.2) is 4.98 Å². The molecule has 1 aromatic heterocycles. The van der Waals surface area contributed by atoms with Gasteiger partial charge in [0.25, 0.3) is 0 Å². The molecule has 1 saturated heterocycles. The van der Waals surface area contributed by atoms with Crippen LogP contribution < -0.4 is 5.73 Å². The summed E-state index contributed by atoms with van der Waals surface area (Å²) in [7, 11) is 0. The van der Waals surface area contributed by atoms with Crippen molar-refractivity contribution >= 4 is 11.3 Å². The van der Waals surface area contributed by atoms with E-state index in [1.165, 1.54) is 48.8 Å². The third-order valence-electron chi connectivity index (χ3n) is 3.32. The van der Waals surface area contributed by atoms with Crippen LogP contribution in [0.2, 0.25) is 0 Å². The van der Waals surface area contributed by atoms with E-state index in [0.29, 0.717) is 0 Å². The van der Waals surface area contributed by atoms with Crippen LogP contribution in [0.5, 0.6) is 0 Å². The number of aryl methyl sites for hydroxylation is 1. The lowest BCUT2D eigenvalue weighted by Crippen LogP contribution is -2.31. The summed E-state index contributed by atoms with van der Waals surface area (Å²) in [6, 6.07) is 0.